The zero-order chi connectivity index (χ0) is 32.4. The first-order valence-electron chi connectivity index (χ1n) is 12.7. The number of esters is 1. The highest BCUT2D eigenvalue weighted by atomic mass is 35.5. The molecule has 45 heavy (non-hydrogen) atoms. The Kier molecular flexibility index (Phi) is 9.04. The molecular weight excluding hydrogens is 646 g/mol. The largest absolute Gasteiger partial charge is 0.489 e. The number of ether oxygens (including phenoxy) is 4. The van der Waals surface area contributed by atoms with Crippen LogP contribution in [0.15, 0.2) is 72.1 Å². The highest BCUT2D eigenvalue weighted by Crippen LogP contribution is 2.43. The molecule has 5 rings (SSSR count). The van der Waals surface area contributed by atoms with Gasteiger partial charge in [0.25, 0.3) is 0 Å². The van der Waals surface area contributed by atoms with Crippen molar-refractivity contribution in [3.8, 4) is 29.1 Å². The van der Waals surface area contributed by atoms with Crippen LogP contribution in [0.3, 0.4) is 0 Å². The van der Waals surface area contributed by atoms with E-state index in [1.54, 1.807) is 42.5 Å². The van der Waals surface area contributed by atoms with Gasteiger partial charge in [0.1, 0.15) is 35.5 Å². The molecular formula is C31H17Cl2F5N2O5. The van der Waals surface area contributed by atoms with Gasteiger partial charge in [-0.2, -0.15) is 14.0 Å². The van der Waals surface area contributed by atoms with Gasteiger partial charge in [-0.05, 0) is 35.9 Å². The van der Waals surface area contributed by atoms with Crippen LogP contribution in [0, 0.1) is 40.4 Å². The van der Waals surface area contributed by atoms with Crippen LogP contribution in [0.1, 0.15) is 22.6 Å². The Morgan fingerprint density at radius 3 is 2.16 bits per heavy atom. The third-order valence-electron chi connectivity index (χ3n) is 6.55. The van der Waals surface area contributed by atoms with Crippen molar-refractivity contribution in [1.82, 2.24) is 0 Å². The van der Waals surface area contributed by atoms with Crippen molar-refractivity contribution >= 4 is 29.2 Å². The van der Waals surface area contributed by atoms with Crippen LogP contribution in [0.25, 0.3) is 0 Å². The summed E-state index contributed by atoms with van der Waals surface area (Å²) in [6, 6.07) is 18.1. The molecule has 0 saturated heterocycles. The van der Waals surface area contributed by atoms with E-state index in [0.717, 1.165) is 5.56 Å². The second-order valence-electron chi connectivity index (χ2n) is 9.38. The highest BCUT2D eigenvalue weighted by Gasteiger charge is 2.32. The molecule has 2 N–H and O–H groups in total. The third kappa shape index (κ3) is 6.45. The van der Waals surface area contributed by atoms with E-state index in [1.165, 1.54) is 18.2 Å². The van der Waals surface area contributed by atoms with Crippen LogP contribution >= 0.6 is 23.2 Å². The molecule has 1 aliphatic heterocycles. The summed E-state index contributed by atoms with van der Waals surface area (Å²) in [6.07, 6.45) is 0. The molecule has 1 aliphatic rings. The number of fused-ring (bicyclic) bond motifs is 1. The van der Waals surface area contributed by atoms with Gasteiger partial charge in [0.15, 0.2) is 12.4 Å². The average Bonchev–Trinajstić information content (AvgIpc) is 3.02. The number of allylic oxidation sites excluding steroid dienone is 1. The molecule has 4 aromatic rings. The maximum Gasteiger partial charge on any atom is 0.349 e. The van der Waals surface area contributed by atoms with E-state index in [0.29, 0.717) is 26.9 Å². The van der Waals surface area contributed by atoms with Gasteiger partial charge in [0.05, 0.1) is 5.92 Å². The summed E-state index contributed by atoms with van der Waals surface area (Å²) in [5.74, 6) is -14.6. The first-order valence-corrected chi connectivity index (χ1v) is 13.5. The summed E-state index contributed by atoms with van der Waals surface area (Å²) < 4.78 is 88.7. The van der Waals surface area contributed by atoms with Gasteiger partial charge in [-0.15, -0.1) is 0 Å². The van der Waals surface area contributed by atoms with Crippen LogP contribution < -0.4 is 24.7 Å². The lowest BCUT2D eigenvalue weighted by molar-refractivity contribution is -0.136. The molecule has 1 heterocycles. The van der Waals surface area contributed by atoms with Crippen LogP contribution in [0.5, 0.6) is 23.0 Å². The topological polar surface area (TPSA) is 104 Å². The molecule has 0 aliphatic carbocycles. The lowest BCUT2D eigenvalue weighted by Gasteiger charge is -2.26. The van der Waals surface area contributed by atoms with Crippen molar-refractivity contribution in [3.63, 3.8) is 0 Å². The minimum absolute atomic E-state index is 0.116. The zero-order valence-electron chi connectivity index (χ0n) is 22.5. The van der Waals surface area contributed by atoms with Crippen molar-refractivity contribution < 1.29 is 45.7 Å². The Morgan fingerprint density at radius 1 is 0.867 bits per heavy atom. The van der Waals surface area contributed by atoms with Crippen LogP contribution in [-0.4, -0.2) is 12.6 Å². The van der Waals surface area contributed by atoms with E-state index in [4.69, 9.17) is 43.1 Å². The Labute approximate surface area is 261 Å². The number of nitrogens with zero attached hydrogens (tertiary/aromatic N) is 1. The van der Waals surface area contributed by atoms with E-state index in [9.17, 15) is 32.0 Å². The Bertz CT molecular complexity index is 1870. The van der Waals surface area contributed by atoms with Crippen LogP contribution in [0.2, 0.25) is 10.0 Å². The summed E-state index contributed by atoms with van der Waals surface area (Å²) in [5, 5.41) is 10.8. The van der Waals surface area contributed by atoms with E-state index in [-0.39, 0.29) is 29.6 Å². The minimum Gasteiger partial charge on any atom is -0.489 e. The number of carbonyl (C=O) groups is 1. The van der Waals surface area contributed by atoms with Crippen LogP contribution in [0.4, 0.5) is 22.0 Å². The Hall–Kier alpha value is -4.99. The quantitative estimate of drug-likeness (QED) is 0.0686. The van der Waals surface area contributed by atoms with Gasteiger partial charge in [0.2, 0.25) is 35.0 Å². The van der Waals surface area contributed by atoms with Crippen LogP contribution in [-0.2, 0) is 11.4 Å². The number of nitrogens with two attached hydrogens (primary N) is 1. The number of rotatable bonds is 8. The fraction of sp³-hybridized carbons (Fsp3) is 0.0968. The highest BCUT2D eigenvalue weighted by molar-refractivity contribution is 6.35. The SMILES string of the molecule is N#CC1=C(N)Oc2cc(OC(=O)COc3c(F)c(F)c(F)c(F)c3F)ccc2C1c1ccc(OCc2ccc(Cl)cc2Cl)cc1. The molecule has 0 spiro atoms. The summed E-state index contributed by atoms with van der Waals surface area (Å²) >= 11 is 12.1. The molecule has 7 nitrogen and oxygen atoms in total. The van der Waals surface area contributed by atoms with Gasteiger partial charge in [-0.3, -0.25) is 0 Å². The number of nitriles is 1. The smallest absolute Gasteiger partial charge is 0.349 e. The van der Waals surface area contributed by atoms with Crippen molar-refractivity contribution in [3.05, 3.63) is 128 Å². The molecule has 0 saturated carbocycles. The second kappa shape index (κ2) is 12.9. The summed E-state index contributed by atoms with van der Waals surface area (Å²) in [7, 11) is 0. The first kappa shape index (κ1) is 31.4. The van der Waals surface area contributed by atoms with E-state index >= 15 is 0 Å². The van der Waals surface area contributed by atoms with Gasteiger partial charge >= 0.3 is 5.97 Å². The van der Waals surface area contributed by atoms with Crippen molar-refractivity contribution in [2.45, 2.75) is 12.5 Å². The standard InChI is InChI=1S/C31H17Cl2F5N2O5/c32-16-4-1-15(21(33)9-16)12-42-17-5-2-14(3-6-17)24-19-8-7-18(10-22(19)45-31(40)20(24)11-39)44-23(41)13-43-30-28(37)26(35)25(34)27(36)29(30)38/h1-10,24H,12-13,40H2. The molecule has 1 unspecified atom stereocenters. The molecule has 0 aromatic heterocycles. The van der Waals surface area contributed by atoms with Gasteiger partial charge in [-0.1, -0.05) is 47.5 Å². The molecule has 0 bridgehead atoms. The Balaban J connectivity index is 1.31. The molecule has 0 fully saturated rings. The number of halogens is 7. The first-order chi connectivity index (χ1) is 21.5. The molecule has 14 heteroatoms. The maximum atomic E-state index is 13.8. The number of hydrogen-bond donors (Lipinski definition) is 1. The predicted molar refractivity (Wildman–Crippen MR) is 150 cm³/mol. The maximum absolute atomic E-state index is 13.8. The fourth-order valence-electron chi connectivity index (χ4n) is 4.40. The predicted octanol–water partition coefficient (Wildman–Crippen LogP) is 7.47. The summed E-state index contributed by atoms with van der Waals surface area (Å²) in [6.45, 7) is -1.02. The molecule has 230 valence electrons. The van der Waals surface area contributed by atoms with E-state index in [2.05, 4.69) is 4.74 Å². The van der Waals surface area contributed by atoms with Crippen molar-refractivity contribution in [1.29, 1.82) is 5.26 Å². The Morgan fingerprint density at radius 2 is 1.51 bits per heavy atom. The average molecular weight is 663 g/mol. The second-order valence-corrected chi connectivity index (χ2v) is 10.2. The fourth-order valence-corrected chi connectivity index (χ4v) is 4.86. The van der Waals surface area contributed by atoms with Gasteiger partial charge in [0, 0.05) is 27.2 Å². The lowest BCUT2D eigenvalue weighted by atomic mass is 9.83. The summed E-state index contributed by atoms with van der Waals surface area (Å²) in [5.41, 5.74) is 8.01. The number of carbonyl (C=O) groups excluding carboxylic acids is 1. The molecule has 0 radical (unpaired) electrons. The van der Waals surface area contributed by atoms with Gasteiger partial charge in [-0.25, -0.2) is 18.0 Å². The molecule has 1 atom stereocenters. The van der Waals surface area contributed by atoms with Crippen molar-refractivity contribution in [2.24, 2.45) is 5.73 Å². The summed E-state index contributed by atoms with van der Waals surface area (Å²) in [4.78, 5) is 12.3. The monoisotopic (exact) mass is 662 g/mol. The van der Waals surface area contributed by atoms with Gasteiger partial charge < -0.3 is 24.7 Å². The lowest BCUT2D eigenvalue weighted by Crippen LogP contribution is -2.22. The third-order valence-corrected chi connectivity index (χ3v) is 7.14. The number of hydrogen-bond acceptors (Lipinski definition) is 7. The van der Waals surface area contributed by atoms with E-state index < -0.39 is 53.3 Å². The zero-order valence-corrected chi connectivity index (χ0v) is 24.0. The minimum atomic E-state index is -2.37. The molecule has 0 amide bonds. The van der Waals surface area contributed by atoms with E-state index in [1.807, 2.05) is 6.07 Å². The molecule has 4 aromatic carbocycles. The normalized spacial score (nSPS) is 13.9. The number of benzene rings is 4. The van der Waals surface area contributed by atoms with Crippen molar-refractivity contribution in [2.75, 3.05) is 6.61 Å².